The Balaban J connectivity index is 1.94. The number of nitrogens with zero attached hydrogens (tertiary/aromatic N) is 4. The first kappa shape index (κ1) is 17.1. The van der Waals surface area contributed by atoms with Crippen molar-refractivity contribution in [1.29, 1.82) is 0 Å². The van der Waals surface area contributed by atoms with Gasteiger partial charge in [-0.15, -0.1) is 0 Å². The monoisotopic (exact) mass is 392 g/mol. The summed E-state index contributed by atoms with van der Waals surface area (Å²) in [5.41, 5.74) is 2.63. The highest BCUT2D eigenvalue weighted by atomic mass is 79.9. The Morgan fingerprint density at radius 1 is 1.12 bits per heavy atom. The molecule has 5 heteroatoms. The van der Waals surface area contributed by atoms with E-state index in [2.05, 4.69) is 54.9 Å². The molecular weight excluding hydrogens is 376 g/mol. The molecule has 0 spiro atoms. The van der Waals surface area contributed by atoms with Gasteiger partial charge in [-0.1, -0.05) is 12.0 Å². The van der Waals surface area contributed by atoms with Crippen molar-refractivity contribution in [3.63, 3.8) is 0 Å². The van der Waals surface area contributed by atoms with Crippen LogP contribution in [-0.4, -0.2) is 35.3 Å². The zero-order valence-corrected chi connectivity index (χ0v) is 15.9. The van der Waals surface area contributed by atoms with Crippen molar-refractivity contribution in [2.24, 2.45) is 4.99 Å². The molecule has 3 aromatic rings. The van der Waals surface area contributed by atoms with Crippen molar-refractivity contribution < 1.29 is 0 Å². The van der Waals surface area contributed by atoms with Gasteiger partial charge in [-0.3, -0.25) is 4.98 Å². The van der Waals surface area contributed by atoms with Gasteiger partial charge in [0.25, 0.3) is 0 Å². The topological polar surface area (TPSA) is 41.4 Å². The van der Waals surface area contributed by atoms with Gasteiger partial charge in [-0.2, -0.15) is 0 Å². The smallest absolute Gasteiger partial charge is 0.155 e. The summed E-state index contributed by atoms with van der Waals surface area (Å²) in [4.78, 5) is 15.0. The van der Waals surface area contributed by atoms with Crippen molar-refractivity contribution in [1.82, 2.24) is 14.9 Å². The van der Waals surface area contributed by atoms with E-state index in [1.54, 1.807) is 6.34 Å². The van der Waals surface area contributed by atoms with Gasteiger partial charge in [0.05, 0.1) is 10.8 Å². The molecule has 2 heterocycles. The van der Waals surface area contributed by atoms with Gasteiger partial charge < -0.3 is 4.90 Å². The summed E-state index contributed by atoms with van der Waals surface area (Å²) >= 11 is 3.50. The first-order valence-corrected chi connectivity index (χ1v) is 8.57. The molecule has 25 heavy (non-hydrogen) atoms. The minimum atomic E-state index is 0.626. The predicted octanol–water partition coefficient (Wildman–Crippen LogP) is 4.32. The molecule has 0 aliphatic rings. The van der Waals surface area contributed by atoms with Crippen LogP contribution in [0, 0.1) is 18.8 Å². The highest BCUT2D eigenvalue weighted by molar-refractivity contribution is 9.10. The summed E-state index contributed by atoms with van der Waals surface area (Å²) in [6.45, 7) is 2.01. The molecule has 0 N–H and O–H groups in total. The standard InChI is InChI=1S/C20H17BrN4/c1-14-17-6-4-15(12-16(17)10-11-22-14)5-8-19-18(21)7-9-20(24-19)23-13-25(2)3/h4,6-7,9-13H,1-3H3. The molecule has 0 saturated carbocycles. The Bertz CT molecular complexity index is 1010. The average Bonchev–Trinajstić information content (AvgIpc) is 2.60. The van der Waals surface area contributed by atoms with Crippen molar-refractivity contribution in [3.05, 3.63) is 64.0 Å². The minimum Gasteiger partial charge on any atom is -0.369 e. The molecule has 0 aliphatic heterocycles. The maximum atomic E-state index is 4.48. The van der Waals surface area contributed by atoms with E-state index in [-0.39, 0.29) is 0 Å². The summed E-state index contributed by atoms with van der Waals surface area (Å²) < 4.78 is 0.852. The van der Waals surface area contributed by atoms with E-state index in [4.69, 9.17) is 0 Å². The number of fused-ring (bicyclic) bond motifs is 1. The number of rotatable bonds is 2. The minimum absolute atomic E-state index is 0.626. The summed E-state index contributed by atoms with van der Waals surface area (Å²) in [7, 11) is 3.83. The number of pyridine rings is 2. The van der Waals surface area contributed by atoms with E-state index in [9.17, 15) is 0 Å². The first-order chi connectivity index (χ1) is 12.0. The Hall–Kier alpha value is -2.71. The van der Waals surface area contributed by atoms with Crippen LogP contribution in [0.15, 0.2) is 52.1 Å². The summed E-state index contributed by atoms with van der Waals surface area (Å²) in [6, 6.07) is 11.9. The fourth-order valence-corrected chi connectivity index (χ4v) is 2.62. The van der Waals surface area contributed by atoms with Gasteiger partial charge in [0.2, 0.25) is 0 Å². The molecule has 0 bridgehead atoms. The number of benzene rings is 1. The molecule has 0 atom stereocenters. The van der Waals surface area contributed by atoms with E-state index < -0.39 is 0 Å². The quantitative estimate of drug-likeness (QED) is 0.370. The van der Waals surface area contributed by atoms with Crippen LogP contribution in [0.1, 0.15) is 17.0 Å². The maximum absolute atomic E-state index is 4.48. The van der Waals surface area contributed by atoms with Crippen LogP contribution in [0.4, 0.5) is 5.82 Å². The van der Waals surface area contributed by atoms with Gasteiger partial charge in [0, 0.05) is 36.9 Å². The van der Waals surface area contributed by atoms with Crippen LogP contribution < -0.4 is 0 Å². The summed E-state index contributed by atoms with van der Waals surface area (Å²) in [6.07, 6.45) is 3.53. The number of aliphatic imine (C=N–C) groups is 1. The average molecular weight is 393 g/mol. The van der Waals surface area contributed by atoms with Crippen LogP contribution in [0.25, 0.3) is 10.8 Å². The lowest BCUT2D eigenvalue weighted by Gasteiger charge is -2.03. The van der Waals surface area contributed by atoms with Crippen LogP contribution in [-0.2, 0) is 0 Å². The Morgan fingerprint density at radius 2 is 1.96 bits per heavy atom. The second-order valence-corrected chi connectivity index (χ2v) is 6.64. The van der Waals surface area contributed by atoms with Crippen molar-refractivity contribution in [3.8, 4) is 11.8 Å². The second-order valence-electron chi connectivity index (χ2n) is 5.79. The maximum Gasteiger partial charge on any atom is 0.155 e. The molecule has 0 amide bonds. The van der Waals surface area contributed by atoms with E-state index in [1.807, 2.05) is 56.4 Å². The lowest BCUT2D eigenvalue weighted by atomic mass is 10.1. The molecular formula is C20H17BrN4. The third kappa shape index (κ3) is 4.23. The lowest BCUT2D eigenvalue weighted by Crippen LogP contribution is -2.07. The third-order valence-corrected chi connectivity index (χ3v) is 4.18. The molecule has 0 radical (unpaired) electrons. The molecule has 0 fully saturated rings. The highest BCUT2D eigenvalue weighted by Crippen LogP contribution is 2.20. The lowest BCUT2D eigenvalue weighted by molar-refractivity contribution is 0.643. The Kier molecular flexibility index (Phi) is 5.11. The molecule has 1 aromatic carbocycles. The van der Waals surface area contributed by atoms with Crippen LogP contribution in [0.2, 0.25) is 0 Å². The number of aryl methyl sites for hydroxylation is 1. The number of aromatic nitrogens is 2. The van der Waals surface area contributed by atoms with Gasteiger partial charge in [0.1, 0.15) is 5.69 Å². The third-order valence-electron chi connectivity index (χ3n) is 3.54. The van der Waals surface area contributed by atoms with Crippen molar-refractivity contribution >= 4 is 38.9 Å². The van der Waals surface area contributed by atoms with Crippen molar-refractivity contribution in [2.45, 2.75) is 6.92 Å². The van der Waals surface area contributed by atoms with Gasteiger partial charge >= 0.3 is 0 Å². The largest absolute Gasteiger partial charge is 0.369 e. The fourth-order valence-electron chi connectivity index (χ4n) is 2.30. The zero-order valence-electron chi connectivity index (χ0n) is 14.3. The molecule has 3 rings (SSSR count). The van der Waals surface area contributed by atoms with Gasteiger partial charge in [0.15, 0.2) is 5.82 Å². The van der Waals surface area contributed by atoms with Gasteiger partial charge in [-0.05, 0) is 64.5 Å². The van der Waals surface area contributed by atoms with E-state index >= 15 is 0 Å². The van der Waals surface area contributed by atoms with E-state index in [0.717, 1.165) is 26.5 Å². The van der Waals surface area contributed by atoms with E-state index in [1.165, 1.54) is 0 Å². The SMILES string of the molecule is Cc1nccc2cc(C#Cc3nc(N=CN(C)C)ccc3Br)ccc12. The van der Waals surface area contributed by atoms with E-state index in [0.29, 0.717) is 11.5 Å². The van der Waals surface area contributed by atoms with Gasteiger partial charge in [-0.25, -0.2) is 9.98 Å². The van der Waals surface area contributed by atoms with Crippen LogP contribution in [0.3, 0.4) is 0 Å². The molecule has 4 nitrogen and oxygen atoms in total. The second kappa shape index (κ2) is 7.45. The molecule has 2 aromatic heterocycles. The predicted molar refractivity (Wildman–Crippen MR) is 106 cm³/mol. The van der Waals surface area contributed by atoms with Crippen molar-refractivity contribution in [2.75, 3.05) is 14.1 Å². The van der Waals surface area contributed by atoms with Crippen LogP contribution >= 0.6 is 15.9 Å². The highest BCUT2D eigenvalue weighted by Gasteiger charge is 2.01. The Labute approximate surface area is 155 Å². The summed E-state index contributed by atoms with van der Waals surface area (Å²) in [5.74, 6) is 6.93. The molecule has 0 aliphatic carbocycles. The zero-order chi connectivity index (χ0) is 17.8. The molecule has 0 saturated heterocycles. The number of halogens is 1. The Morgan fingerprint density at radius 3 is 2.76 bits per heavy atom. The van der Waals surface area contributed by atoms with Crippen LogP contribution in [0.5, 0.6) is 0 Å². The normalized spacial score (nSPS) is 10.7. The number of hydrogen-bond acceptors (Lipinski definition) is 3. The first-order valence-electron chi connectivity index (χ1n) is 7.77. The summed E-state index contributed by atoms with van der Waals surface area (Å²) in [5, 5.41) is 2.28. The fraction of sp³-hybridized carbons (Fsp3) is 0.150. The molecule has 0 unspecified atom stereocenters. The number of hydrogen-bond donors (Lipinski definition) is 0. The molecule has 124 valence electrons.